The zero-order chi connectivity index (χ0) is 25.7. The average molecular weight is 483 g/mol. The highest BCUT2D eigenvalue weighted by Crippen LogP contribution is 2.38. The van der Waals surface area contributed by atoms with Crippen LogP contribution in [-0.4, -0.2) is 102 Å². The highest BCUT2D eigenvalue weighted by Gasteiger charge is 2.22. The molecule has 4 N–H and O–H groups in total. The summed E-state index contributed by atoms with van der Waals surface area (Å²) in [5.41, 5.74) is 1.34. The Labute approximate surface area is 204 Å². The summed E-state index contributed by atoms with van der Waals surface area (Å²) in [5, 5.41) is 34.8. The Balaban J connectivity index is 2.06. The zero-order valence-corrected chi connectivity index (χ0v) is 21.0. The number of benzene rings is 2. The number of hydrogen-bond acceptors (Lipinski definition) is 9. The third-order valence-corrected chi connectivity index (χ3v) is 5.67. The van der Waals surface area contributed by atoms with Crippen LogP contribution in [0.25, 0.3) is 22.1 Å². The summed E-state index contributed by atoms with van der Waals surface area (Å²) in [5.74, 6) is -0.904. The molecule has 35 heavy (non-hydrogen) atoms. The first-order chi connectivity index (χ1) is 16.6. The van der Waals surface area contributed by atoms with Crippen LogP contribution < -0.4 is 5.32 Å². The number of carbonyl (C=O) groups is 1. The summed E-state index contributed by atoms with van der Waals surface area (Å²) in [6, 6.07) is 2.87. The van der Waals surface area contributed by atoms with Crippen molar-refractivity contribution in [2.24, 2.45) is 4.99 Å². The molecule has 1 amide bonds. The predicted octanol–water partition coefficient (Wildman–Crippen LogP) is 2.26. The van der Waals surface area contributed by atoms with E-state index in [-0.39, 0.29) is 56.3 Å². The molecular formula is C25H34N6O4. The molecule has 0 atom stereocenters. The molecule has 0 saturated heterocycles. The molecular weight excluding hydrogens is 448 g/mol. The van der Waals surface area contributed by atoms with Crippen molar-refractivity contribution < 1.29 is 20.1 Å². The number of hydrogen-bond donors (Lipinski definition) is 4. The number of amides is 1. The third-order valence-electron chi connectivity index (χ3n) is 5.67. The lowest BCUT2D eigenvalue weighted by molar-refractivity contribution is 0.0953. The second-order valence-corrected chi connectivity index (χ2v) is 9.09. The summed E-state index contributed by atoms with van der Waals surface area (Å²) >= 11 is 0. The number of nitrogens with one attached hydrogen (secondary N) is 1. The van der Waals surface area contributed by atoms with Crippen LogP contribution in [0.2, 0.25) is 0 Å². The fourth-order valence-corrected chi connectivity index (χ4v) is 3.71. The molecule has 1 aromatic heterocycles. The molecule has 3 aromatic rings. The van der Waals surface area contributed by atoms with Gasteiger partial charge in [-0.05, 0) is 73.2 Å². The van der Waals surface area contributed by atoms with Crippen molar-refractivity contribution in [2.75, 3.05) is 54.4 Å². The number of nitrogens with zero attached hydrogens (tertiary/aromatic N) is 5. The molecule has 0 spiro atoms. The van der Waals surface area contributed by atoms with Gasteiger partial charge in [0.25, 0.3) is 5.91 Å². The number of fused-ring (bicyclic) bond motifs is 2. The van der Waals surface area contributed by atoms with Crippen LogP contribution in [0, 0.1) is 6.92 Å². The second kappa shape index (κ2) is 11.3. The summed E-state index contributed by atoms with van der Waals surface area (Å²) in [6.45, 7) is 4.30. The molecule has 0 radical (unpaired) electrons. The normalized spacial score (nSPS) is 12.0. The Kier molecular flexibility index (Phi) is 8.42. The Morgan fingerprint density at radius 3 is 2.29 bits per heavy atom. The topological polar surface area (TPSA) is 134 Å². The van der Waals surface area contributed by atoms with Gasteiger partial charge in [-0.1, -0.05) is 0 Å². The molecule has 0 aliphatic heterocycles. The van der Waals surface area contributed by atoms with Gasteiger partial charge >= 0.3 is 0 Å². The van der Waals surface area contributed by atoms with E-state index < -0.39 is 0 Å². The molecule has 0 saturated carbocycles. The van der Waals surface area contributed by atoms with Gasteiger partial charge in [-0.3, -0.25) is 9.79 Å². The lowest BCUT2D eigenvalue weighted by Gasteiger charge is -2.14. The van der Waals surface area contributed by atoms with Crippen LogP contribution in [0.4, 0.5) is 0 Å². The zero-order valence-electron chi connectivity index (χ0n) is 21.0. The molecule has 188 valence electrons. The van der Waals surface area contributed by atoms with E-state index in [9.17, 15) is 20.1 Å². The first kappa shape index (κ1) is 26.1. The van der Waals surface area contributed by atoms with E-state index in [2.05, 4.69) is 25.2 Å². The Morgan fingerprint density at radius 2 is 1.60 bits per heavy atom. The maximum atomic E-state index is 12.9. The molecule has 1 heterocycles. The SMILES string of the molecule is Cc1c(O)c(/C=N/CCCN(C)C)c2nc3c(O)ccc(C(=O)NCCCN(C)C)c3nc2c1O. The molecule has 10 heteroatoms. The fraction of sp³-hybridized carbons (Fsp3) is 0.440. The second-order valence-electron chi connectivity index (χ2n) is 9.09. The number of rotatable bonds is 10. The van der Waals surface area contributed by atoms with Gasteiger partial charge in [-0.15, -0.1) is 0 Å². The summed E-state index contributed by atoms with van der Waals surface area (Å²) in [7, 11) is 7.89. The van der Waals surface area contributed by atoms with Crippen LogP contribution in [-0.2, 0) is 0 Å². The van der Waals surface area contributed by atoms with Crippen LogP contribution in [0.15, 0.2) is 17.1 Å². The lowest BCUT2D eigenvalue weighted by atomic mass is 10.0. The molecule has 2 aromatic carbocycles. The number of carbonyl (C=O) groups excluding carboxylic acids is 1. The van der Waals surface area contributed by atoms with Gasteiger partial charge in [0.1, 0.15) is 39.3 Å². The van der Waals surface area contributed by atoms with Crippen LogP contribution >= 0.6 is 0 Å². The highest BCUT2D eigenvalue weighted by molar-refractivity contribution is 6.10. The van der Waals surface area contributed by atoms with Crippen molar-refractivity contribution in [1.82, 2.24) is 25.1 Å². The highest BCUT2D eigenvalue weighted by atomic mass is 16.3. The standard InChI is InChI=1S/C25H34N6O4/c1-15-23(33)17(14-26-10-6-12-30(2)3)20-22(24(15)34)29-19-16(8-9-18(32)21(19)28-20)25(35)27-11-7-13-31(4)5/h8-9,14,32-34H,6-7,10-13H2,1-5H3,(H,27,35)/b26-14+. The average Bonchev–Trinajstić information content (AvgIpc) is 2.81. The van der Waals surface area contributed by atoms with E-state index in [1.165, 1.54) is 18.3 Å². The van der Waals surface area contributed by atoms with Crippen molar-refractivity contribution in [1.29, 1.82) is 0 Å². The third kappa shape index (κ3) is 5.95. The monoisotopic (exact) mass is 482 g/mol. The fourth-order valence-electron chi connectivity index (χ4n) is 3.71. The predicted molar refractivity (Wildman–Crippen MR) is 138 cm³/mol. The van der Waals surface area contributed by atoms with Gasteiger partial charge in [-0.25, -0.2) is 9.97 Å². The Bertz CT molecular complexity index is 1260. The van der Waals surface area contributed by atoms with Gasteiger partial charge < -0.3 is 30.4 Å². The quantitative estimate of drug-likeness (QED) is 0.196. The molecule has 0 unspecified atom stereocenters. The first-order valence-electron chi connectivity index (χ1n) is 11.6. The van der Waals surface area contributed by atoms with Crippen LogP contribution in [0.5, 0.6) is 17.2 Å². The van der Waals surface area contributed by atoms with Crippen LogP contribution in [0.3, 0.4) is 0 Å². The molecule has 0 bridgehead atoms. The van der Waals surface area contributed by atoms with E-state index in [1.54, 1.807) is 6.92 Å². The Hall–Kier alpha value is -3.50. The van der Waals surface area contributed by atoms with E-state index in [4.69, 9.17) is 0 Å². The maximum absolute atomic E-state index is 12.9. The minimum atomic E-state index is -0.347. The van der Waals surface area contributed by atoms with E-state index in [1.807, 2.05) is 33.1 Å². The molecule has 0 aliphatic rings. The summed E-state index contributed by atoms with van der Waals surface area (Å²) < 4.78 is 0. The van der Waals surface area contributed by atoms with Crippen molar-refractivity contribution in [3.05, 3.63) is 28.8 Å². The molecule has 0 aliphatic carbocycles. The van der Waals surface area contributed by atoms with E-state index in [0.717, 1.165) is 25.9 Å². The smallest absolute Gasteiger partial charge is 0.253 e. The van der Waals surface area contributed by atoms with Crippen molar-refractivity contribution in [2.45, 2.75) is 19.8 Å². The molecule has 3 rings (SSSR count). The van der Waals surface area contributed by atoms with Crippen molar-refractivity contribution in [3.63, 3.8) is 0 Å². The van der Waals surface area contributed by atoms with Crippen molar-refractivity contribution >= 4 is 34.2 Å². The number of phenols is 3. The number of aliphatic imine (C=N–C) groups is 1. The number of aromatic nitrogens is 2. The lowest BCUT2D eigenvalue weighted by Crippen LogP contribution is -2.27. The molecule has 0 fully saturated rings. The van der Waals surface area contributed by atoms with E-state index >= 15 is 0 Å². The Morgan fingerprint density at radius 1 is 0.943 bits per heavy atom. The summed E-state index contributed by atoms with van der Waals surface area (Å²) in [4.78, 5) is 30.4. The number of aromatic hydroxyl groups is 3. The van der Waals surface area contributed by atoms with Gasteiger partial charge in [-0.2, -0.15) is 0 Å². The molecule has 10 nitrogen and oxygen atoms in total. The van der Waals surface area contributed by atoms with Gasteiger partial charge in [0.2, 0.25) is 0 Å². The maximum Gasteiger partial charge on any atom is 0.253 e. The minimum Gasteiger partial charge on any atom is -0.507 e. The van der Waals surface area contributed by atoms with Gasteiger partial charge in [0.15, 0.2) is 0 Å². The minimum absolute atomic E-state index is 0.100. The van der Waals surface area contributed by atoms with Crippen molar-refractivity contribution in [3.8, 4) is 17.2 Å². The first-order valence-corrected chi connectivity index (χ1v) is 11.6. The van der Waals surface area contributed by atoms with Gasteiger partial charge in [0.05, 0.1) is 11.1 Å². The van der Waals surface area contributed by atoms with Gasteiger partial charge in [0, 0.05) is 24.9 Å². The largest absolute Gasteiger partial charge is 0.507 e. The summed E-state index contributed by atoms with van der Waals surface area (Å²) in [6.07, 6.45) is 3.13. The van der Waals surface area contributed by atoms with Crippen LogP contribution in [0.1, 0.15) is 34.3 Å². The van der Waals surface area contributed by atoms with E-state index in [0.29, 0.717) is 18.7 Å². The number of phenolic OH excluding ortho intramolecular Hbond substituents is 3.